The van der Waals surface area contributed by atoms with Gasteiger partial charge >= 0.3 is 0 Å². The molecular formula is C26H21BrN6O4S2. The van der Waals surface area contributed by atoms with E-state index in [0.717, 1.165) is 41.6 Å². The van der Waals surface area contributed by atoms with Crippen molar-refractivity contribution in [3.63, 3.8) is 0 Å². The topological polar surface area (TPSA) is 124 Å². The predicted molar refractivity (Wildman–Crippen MR) is 155 cm³/mol. The van der Waals surface area contributed by atoms with Crippen LogP contribution in [0.25, 0.3) is 21.7 Å². The zero-order valence-corrected chi connectivity index (χ0v) is 23.9. The fourth-order valence-electron chi connectivity index (χ4n) is 4.77. The van der Waals surface area contributed by atoms with Crippen molar-refractivity contribution in [3.05, 3.63) is 83.4 Å². The Hall–Kier alpha value is -3.55. The van der Waals surface area contributed by atoms with Crippen LogP contribution in [0.2, 0.25) is 0 Å². The number of benzene rings is 2. The number of non-ortho nitro benzene ring substituents is 1. The highest BCUT2D eigenvalue weighted by Crippen LogP contribution is 2.37. The molecular weight excluding hydrogens is 604 g/mol. The summed E-state index contributed by atoms with van der Waals surface area (Å²) in [5, 5.41) is 23.8. The van der Waals surface area contributed by atoms with Crippen LogP contribution in [-0.4, -0.2) is 35.7 Å². The minimum atomic E-state index is -0.498. The van der Waals surface area contributed by atoms with E-state index in [1.807, 2.05) is 35.6 Å². The second-order valence-electron chi connectivity index (χ2n) is 9.24. The van der Waals surface area contributed by atoms with Crippen LogP contribution < -0.4 is 10.9 Å². The fraction of sp³-hybridized carbons (Fsp3) is 0.231. The number of thiophene rings is 1. The molecule has 0 radical (unpaired) electrons. The number of rotatable bonds is 6. The number of amides is 1. The first-order valence-corrected chi connectivity index (χ1v) is 14.8. The SMILES string of the molecule is Cc1ccc(-n2c(=O)c3c4c(sc3n3c(SCC(=O)Nc5ccc([N+](=O)[O-])cc5Br)nnc23)CCCC4)cc1. The number of aromatic nitrogens is 4. The second-order valence-corrected chi connectivity index (χ2v) is 12.1. The minimum Gasteiger partial charge on any atom is -0.324 e. The monoisotopic (exact) mass is 624 g/mol. The van der Waals surface area contributed by atoms with E-state index in [1.165, 1.54) is 34.8 Å². The van der Waals surface area contributed by atoms with Gasteiger partial charge in [0.2, 0.25) is 11.7 Å². The summed E-state index contributed by atoms with van der Waals surface area (Å²) in [4.78, 5) is 39.2. The van der Waals surface area contributed by atoms with Crippen molar-refractivity contribution in [2.45, 2.75) is 37.8 Å². The zero-order chi connectivity index (χ0) is 27.3. The fourth-order valence-corrected chi connectivity index (χ4v) is 7.41. The summed E-state index contributed by atoms with van der Waals surface area (Å²) in [5.74, 6) is 0.122. The van der Waals surface area contributed by atoms with Crippen LogP contribution in [0.1, 0.15) is 28.8 Å². The second kappa shape index (κ2) is 10.2. The van der Waals surface area contributed by atoms with Crippen molar-refractivity contribution in [3.8, 4) is 5.69 Å². The number of carbonyl (C=O) groups is 1. The van der Waals surface area contributed by atoms with E-state index in [1.54, 1.807) is 15.9 Å². The van der Waals surface area contributed by atoms with E-state index in [9.17, 15) is 19.7 Å². The molecule has 10 nitrogen and oxygen atoms in total. The molecule has 0 aliphatic heterocycles. The van der Waals surface area contributed by atoms with Gasteiger partial charge in [-0.15, -0.1) is 21.5 Å². The van der Waals surface area contributed by atoms with Gasteiger partial charge in [-0.1, -0.05) is 29.5 Å². The van der Waals surface area contributed by atoms with Crippen LogP contribution in [0.15, 0.2) is 56.9 Å². The average Bonchev–Trinajstić information content (AvgIpc) is 3.51. The number of hydrogen-bond donors (Lipinski definition) is 1. The Morgan fingerprint density at radius 1 is 1.18 bits per heavy atom. The summed E-state index contributed by atoms with van der Waals surface area (Å²) in [6.45, 7) is 1.99. The lowest BCUT2D eigenvalue weighted by atomic mass is 9.97. The highest BCUT2D eigenvalue weighted by molar-refractivity contribution is 9.10. The van der Waals surface area contributed by atoms with Gasteiger partial charge in [0.15, 0.2) is 5.16 Å². The summed E-state index contributed by atoms with van der Waals surface area (Å²) in [5.41, 5.74) is 3.15. The molecule has 198 valence electrons. The molecule has 6 rings (SSSR count). The molecule has 3 heterocycles. The summed E-state index contributed by atoms with van der Waals surface area (Å²) in [6, 6.07) is 11.9. The van der Waals surface area contributed by atoms with Crippen molar-refractivity contribution in [2.75, 3.05) is 11.1 Å². The van der Waals surface area contributed by atoms with Crippen LogP contribution in [-0.2, 0) is 17.6 Å². The molecule has 0 spiro atoms. The Morgan fingerprint density at radius 2 is 1.95 bits per heavy atom. The van der Waals surface area contributed by atoms with E-state index in [0.29, 0.717) is 32.2 Å². The Labute approximate surface area is 238 Å². The number of hydrogen-bond acceptors (Lipinski definition) is 8. The number of carbonyl (C=O) groups excluding carboxylic acids is 1. The van der Waals surface area contributed by atoms with Crippen molar-refractivity contribution < 1.29 is 9.72 Å². The number of thioether (sulfide) groups is 1. The molecule has 0 fully saturated rings. The predicted octanol–water partition coefficient (Wildman–Crippen LogP) is 5.68. The van der Waals surface area contributed by atoms with Crippen molar-refractivity contribution in [1.29, 1.82) is 0 Å². The Bertz CT molecular complexity index is 1840. The molecule has 2 aromatic carbocycles. The van der Waals surface area contributed by atoms with Gasteiger partial charge in [0, 0.05) is 21.5 Å². The van der Waals surface area contributed by atoms with E-state index < -0.39 is 4.92 Å². The van der Waals surface area contributed by atoms with Crippen molar-refractivity contribution in [1.82, 2.24) is 19.2 Å². The Morgan fingerprint density at radius 3 is 2.69 bits per heavy atom. The number of aryl methyl sites for hydroxylation is 3. The molecule has 5 aromatic rings. The third-order valence-electron chi connectivity index (χ3n) is 6.65. The zero-order valence-electron chi connectivity index (χ0n) is 20.6. The lowest BCUT2D eigenvalue weighted by Gasteiger charge is -2.12. The van der Waals surface area contributed by atoms with Gasteiger partial charge in [-0.25, -0.2) is 8.97 Å². The maximum absolute atomic E-state index is 13.9. The Kier molecular flexibility index (Phi) is 6.73. The Balaban J connectivity index is 1.39. The molecule has 0 saturated heterocycles. The maximum Gasteiger partial charge on any atom is 0.270 e. The van der Waals surface area contributed by atoms with E-state index >= 15 is 0 Å². The molecule has 13 heteroatoms. The van der Waals surface area contributed by atoms with Crippen molar-refractivity contribution in [2.24, 2.45) is 0 Å². The standard InChI is InChI=1S/C26H21BrN6O4S2/c1-14-6-8-15(9-7-14)31-23(35)22-17-4-2-3-5-20(17)39-24(22)32-25(31)29-30-26(32)38-13-21(34)28-19-11-10-16(33(36)37)12-18(19)27/h6-12H,2-5,13H2,1H3,(H,28,34). The summed E-state index contributed by atoms with van der Waals surface area (Å²) in [7, 11) is 0. The van der Waals surface area contributed by atoms with Gasteiger partial charge in [0.05, 0.1) is 27.4 Å². The molecule has 39 heavy (non-hydrogen) atoms. The first kappa shape index (κ1) is 25.7. The number of anilines is 1. The number of nitrogens with one attached hydrogen (secondary N) is 1. The van der Waals surface area contributed by atoms with Gasteiger partial charge in [-0.05, 0) is 72.3 Å². The summed E-state index contributed by atoms with van der Waals surface area (Å²) < 4.78 is 3.91. The number of nitro groups is 1. The smallest absolute Gasteiger partial charge is 0.270 e. The van der Waals surface area contributed by atoms with Crippen LogP contribution in [0.5, 0.6) is 0 Å². The molecule has 1 aliphatic carbocycles. The third kappa shape index (κ3) is 4.64. The lowest BCUT2D eigenvalue weighted by molar-refractivity contribution is -0.384. The first-order chi connectivity index (χ1) is 18.8. The van der Waals surface area contributed by atoms with Crippen LogP contribution >= 0.6 is 39.0 Å². The third-order valence-corrected chi connectivity index (χ3v) is 9.51. The largest absolute Gasteiger partial charge is 0.324 e. The van der Waals surface area contributed by atoms with E-state index in [4.69, 9.17) is 0 Å². The van der Waals surface area contributed by atoms with Crippen LogP contribution in [0.3, 0.4) is 0 Å². The number of nitrogens with zero attached hydrogens (tertiary/aromatic N) is 5. The molecule has 1 amide bonds. The molecule has 1 N–H and O–H groups in total. The van der Waals surface area contributed by atoms with E-state index in [2.05, 4.69) is 31.4 Å². The quantitative estimate of drug-likeness (QED) is 0.146. The maximum atomic E-state index is 13.9. The van der Waals surface area contributed by atoms with Gasteiger partial charge in [-0.3, -0.25) is 19.7 Å². The lowest BCUT2D eigenvalue weighted by Crippen LogP contribution is -2.22. The normalized spacial score (nSPS) is 13.1. The van der Waals surface area contributed by atoms with Gasteiger partial charge in [0.1, 0.15) is 4.83 Å². The minimum absolute atomic E-state index is 0.0282. The first-order valence-electron chi connectivity index (χ1n) is 12.2. The molecule has 0 saturated carbocycles. The summed E-state index contributed by atoms with van der Waals surface area (Å²) >= 11 is 6.10. The number of halogens is 1. The van der Waals surface area contributed by atoms with Crippen LogP contribution in [0.4, 0.5) is 11.4 Å². The number of fused-ring (bicyclic) bond motifs is 5. The van der Waals surface area contributed by atoms with Crippen molar-refractivity contribution >= 4 is 72.3 Å². The van der Waals surface area contributed by atoms with Gasteiger partial charge in [-0.2, -0.15) is 0 Å². The summed E-state index contributed by atoms with van der Waals surface area (Å²) in [6.07, 6.45) is 3.94. The van der Waals surface area contributed by atoms with Gasteiger partial charge < -0.3 is 5.32 Å². The highest BCUT2D eigenvalue weighted by atomic mass is 79.9. The number of nitro benzene ring substituents is 1. The average molecular weight is 626 g/mol. The highest BCUT2D eigenvalue weighted by Gasteiger charge is 2.26. The molecule has 0 bridgehead atoms. The molecule has 1 aliphatic rings. The molecule has 0 atom stereocenters. The molecule has 3 aromatic heterocycles. The van der Waals surface area contributed by atoms with Gasteiger partial charge in [0.25, 0.3) is 11.2 Å². The van der Waals surface area contributed by atoms with Crippen LogP contribution in [0, 0.1) is 17.0 Å². The van der Waals surface area contributed by atoms with E-state index in [-0.39, 0.29) is 22.9 Å². The molecule has 0 unspecified atom stereocenters.